The third kappa shape index (κ3) is 5.96. The minimum absolute atomic E-state index is 0.160. The van der Waals surface area contributed by atoms with Crippen molar-refractivity contribution in [2.45, 2.75) is 12.8 Å². The molecule has 6 heteroatoms. The van der Waals surface area contributed by atoms with Gasteiger partial charge in [-0.15, -0.1) is 11.3 Å². The van der Waals surface area contributed by atoms with Gasteiger partial charge in [-0.25, -0.2) is 0 Å². The van der Waals surface area contributed by atoms with Crippen molar-refractivity contribution >= 4 is 28.8 Å². The summed E-state index contributed by atoms with van der Waals surface area (Å²) in [5, 5.41) is 7.45. The quantitative estimate of drug-likeness (QED) is 0.573. The molecule has 0 radical (unpaired) electrons. The van der Waals surface area contributed by atoms with Crippen molar-refractivity contribution in [3.8, 4) is 5.75 Å². The van der Waals surface area contributed by atoms with E-state index in [1.54, 1.807) is 12.1 Å². The molecule has 0 aliphatic carbocycles. The van der Waals surface area contributed by atoms with Crippen LogP contribution in [0.1, 0.15) is 21.7 Å². The Kier molecular flexibility index (Phi) is 7.21. The van der Waals surface area contributed by atoms with Crippen molar-refractivity contribution in [3.63, 3.8) is 0 Å². The summed E-state index contributed by atoms with van der Waals surface area (Å²) < 4.78 is 5.85. The standard InChI is InChI=1S/C22H22N2O3S/c25-21(12-14-23-22(26)20-11-6-16-28-20)24-18-9-4-5-10-19(18)27-15-13-17-7-2-1-3-8-17/h1-11,16H,12-15H2,(H,23,26)(H,24,25). The van der Waals surface area contributed by atoms with Gasteiger partial charge in [0.05, 0.1) is 17.2 Å². The van der Waals surface area contributed by atoms with Gasteiger partial charge in [0.1, 0.15) is 5.75 Å². The van der Waals surface area contributed by atoms with Crippen LogP contribution >= 0.6 is 11.3 Å². The number of amides is 2. The lowest BCUT2D eigenvalue weighted by Gasteiger charge is -2.12. The molecule has 0 aliphatic rings. The van der Waals surface area contributed by atoms with E-state index in [9.17, 15) is 9.59 Å². The van der Waals surface area contributed by atoms with Crippen LogP contribution in [0.3, 0.4) is 0 Å². The van der Waals surface area contributed by atoms with E-state index in [2.05, 4.69) is 22.8 Å². The Morgan fingerprint density at radius 3 is 2.50 bits per heavy atom. The smallest absolute Gasteiger partial charge is 0.261 e. The summed E-state index contributed by atoms with van der Waals surface area (Å²) in [6.07, 6.45) is 0.980. The lowest BCUT2D eigenvalue weighted by molar-refractivity contribution is -0.116. The van der Waals surface area contributed by atoms with E-state index in [1.165, 1.54) is 16.9 Å². The number of hydrogen-bond acceptors (Lipinski definition) is 4. The maximum absolute atomic E-state index is 12.2. The number of thiophene rings is 1. The molecule has 2 amide bonds. The number of carbonyl (C=O) groups excluding carboxylic acids is 2. The molecule has 2 aromatic carbocycles. The largest absolute Gasteiger partial charge is 0.491 e. The molecular formula is C22H22N2O3S. The van der Waals surface area contributed by atoms with Gasteiger partial charge in [-0.1, -0.05) is 48.5 Å². The number of para-hydroxylation sites is 2. The fourth-order valence-electron chi connectivity index (χ4n) is 2.62. The Bertz CT molecular complexity index is 895. The Morgan fingerprint density at radius 2 is 1.71 bits per heavy atom. The van der Waals surface area contributed by atoms with Crippen molar-refractivity contribution in [1.29, 1.82) is 0 Å². The molecule has 5 nitrogen and oxygen atoms in total. The second-order valence-corrected chi connectivity index (χ2v) is 7.06. The Hall–Kier alpha value is -3.12. The highest BCUT2D eigenvalue weighted by Gasteiger charge is 2.10. The topological polar surface area (TPSA) is 67.4 Å². The maximum atomic E-state index is 12.2. The zero-order valence-corrected chi connectivity index (χ0v) is 16.2. The molecule has 0 saturated heterocycles. The molecule has 0 atom stereocenters. The van der Waals surface area contributed by atoms with Crippen molar-refractivity contribution in [3.05, 3.63) is 82.6 Å². The number of carbonyl (C=O) groups is 2. The van der Waals surface area contributed by atoms with Gasteiger partial charge in [-0.05, 0) is 29.1 Å². The first-order chi connectivity index (χ1) is 13.7. The number of ether oxygens (including phenoxy) is 1. The third-order valence-electron chi connectivity index (χ3n) is 4.03. The highest BCUT2D eigenvalue weighted by atomic mass is 32.1. The second-order valence-electron chi connectivity index (χ2n) is 6.11. The molecule has 0 fully saturated rings. The number of nitrogens with one attached hydrogen (secondary N) is 2. The van der Waals surface area contributed by atoms with E-state index in [0.717, 1.165) is 6.42 Å². The molecule has 0 saturated carbocycles. The summed E-state index contributed by atoms with van der Waals surface area (Å²) >= 11 is 1.37. The van der Waals surface area contributed by atoms with Crippen LogP contribution in [0.25, 0.3) is 0 Å². The summed E-state index contributed by atoms with van der Waals surface area (Å²) in [5.74, 6) is 0.299. The molecule has 3 rings (SSSR count). The number of benzene rings is 2. The summed E-state index contributed by atoms with van der Waals surface area (Å²) in [7, 11) is 0. The van der Waals surface area contributed by atoms with E-state index in [0.29, 0.717) is 22.9 Å². The molecule has 1 heterocycles. The zero-order chi connectivity index (χ0) is 19.6. The van der Waals surface area contributed by atoms with Crippen LogP contribution in [0.2, 0.25) is 0 Å². The highest BCUT2D eigenvalue weighted by molar-refractivity contribution is 7.12. The molecule has 2 N–H and O–H groups in total. The Labute approximate surface area is 168 Å². The minimum atomic E-state index is -0.175. The van der Waals surface area contributed by atoms with Crippen LogP contribution in [0, 0.1) is 0 Å². The first kappa shape index (κ1) is 19.6. The van der Waals surface area contributed by atoms with E-state index >= 15 is 0 Å². The van der Waals surface area contributed by atoms with E-state index in [4.69, 9.17) is 4.74 Å². The van der Waals surface area contributed by atoms with Gasteiger partial charge in [0.15, 0.2) is 0 Å². The van der Waals surface area contributed by atoms with E-state index < -0.39 is 0 Å². The average molecular weight is 394 g/mol. The maximum Gasteiger partial charge on any atom is 0.261 e. The van der Waals surface area contributed by atoms with Crippen LogP contribution in [0.5, 0.6) is 5.75 Å². The second kappa shape index (κ2) is 10.3. The van der Waals surface area contributed by atoms with Gasteiger partial charge in [-0.2, -0.15) is 0 Å². The van der Waals surface area contributed by atoms with Crippen LogP contribution in [0.15, 0.2) is 72.1 Å². The number of anilines is 1. The van der Waals surface area contributed by atoms with Gasteiger partial charge >= 0.3 is 0 Å². The van der Waals surface area contributed by atoms with Gasteiger partial charge in [0.2, 0.25) is 5.91 Å². The highest BCUT2D eigenvalue weighted by Crippen LogP contribution is 2.24. The average Bonchev–Trinajstić information content (AvgIpc) is 3.25. The lowest BCUT2D eigenvalue weighted by Crippen LogP contribution is -2.27. The van der Waals surface area contributed by atoms with Crippen LogP contribution < -0.4 is 15.4 Å². The molecule has 144 valence electrons. The number of rotatable bonds is 9. The summed E-state index contributed by atoms with van der Waals surface area (Å²) in [5.41, 5.74) is 1.83. The normalized spacial score (nSPS) is 10.3. The SMILES string of the molecule is O=C(CCNC(=O)c1cccs1)Nc1ccccc1OCCc1ccccc1. The predicted octanol–water partition coefficient (Wildman–Crippen LogP) is 4.13. The third-order valence-corrected chi connectivity index (χ3v) is 4.90. The molecule has 0 spiro atoms. The first-order valence-corrected chi connectivity index (χ1v) is 9.97. The summed E-state index contributed by atoms with van der Waals surface area (Å²) in [6, 6.07) is 21.0. The Balaban J connectivity index is 1.45. The van der Waals surface area contributed by atoms with Crippen LogP contribution in [-0.2, 0) is 11.2 Å². The predicted molar refractivity (Wildman–Crippen MR) is 112 cm³/mol. The zero-order valence-electron chi connectivity index (χ0n) is 15.4. The monoisotopic (exact) mass is 394 g/mol. The fourth-order valence-corrected chi connectivity index (χ4v) is 3.26. The van der Waals surface area contributed by atoms with Gasteiger partial charge in [0.25, 0.3) is 5.91 Å². The molecule has 1 aromatic heterocycles. The minimum Gasteiger partial charge on any atom is -0.491 e. The Morgan fingerprint density at radius 1 is 0.929 bits per heavy atom. The summed E-state index contributed by atoms with van der Waals surface area (Å²) in [6.45, 7) is 0.799. The van der Waals surface area contributed by atoms with Gasteiger partial charge in [0, 0.05) is 19.4 Å². The van der Waals surface area contributed by atoms with E-state index in [-0.39, 0.29) is 24.8 Å². The molecule has 28 heavy (non-hydrogen) atoms. The van der Waals surface area contributed by atoms with Crippen molar-refractivity contribution < 1.29 is 14.3 Å². The molecule has 0 unspecified atom stereocenters. The van der Waals surface area contributed by atoms with Crippen LogP contribution in [0.4, 0.5) is 5.69 Å². The molecule has 0 aliphatic heterocycles. The van der Waals surface area contributed by atoms with Crippen molar-refractivity contribution in [2.24, 2.45) is 0 Å². The van der Waals surface area contributed by atoms with E-state index in [1.807, 2.05) is 47.8 Å². The lowest BCUT2D eigenvalue weighted by atomic mass is 10.2. The van der Waals surface area contributed by atoms with Crippen LogP contribution in [-0.4, -0.2) is 25.0 Å². The van der Waals surface area contributed by atoms with Crippen molar-refractivity contribution in [2.75, 3.05) is 18.5 Å². The van der Waals surface area contributed by atoms with Gasteiger partial charge in [-0.3, -0.25) is 9.59 Å². The van der Waals surface area contributed by atoms with Gasteiger partial charge < -0.3 is 15.4 Å². The molecule has 3 aromatic rings. The first-order valence-electron chi connectivity index (χ1n) is 9.09. The fraction of sp³-hybridized carbons (Fsp3) is 0.182. The summed E-state index contributed by atoms with van der Waals surface area (Å²) in [4.78, 5) is 24.7. The molecular weight excluding hydrogens is 372 g/mol. The number of hydrogen-bond donors (Lipinski definition) is 2. The van der Waals surface area contributed by atoms with Crippen molar-refractivity contribution in [1.82, 2.24) is 5.32 Å². The molecule has 0 bridgehead atoms.